The number of hydrogen-bond donors (Lipinski definition) is 3. The van der Waals surface area contributed by atoms with Crippen molar-refractivity contribution in [1.29, 1.82) is 0 Å². The van der Waals surface area contributed by atoms with Crippen molar-refractivity contribution in [2.45, 2.75) is 57.3 Å². The monoisotopic (exact) mass is 720 g/mol. The Morgan fingerprint density at radius 1 is 0.925 bits per heavy atom. The van der Waals surface area contributed by atoms with Crippen LogP contribution < -0.4 is 21.9 Å². The fraction of sp³-hybridized carbons (Fsp3) is 0.308. The standard InChI is InChI=1S/C39H38F2N8O4/c40-26-4-11-35-45-29(23-47(35)22-26)20-43-28-5-7-30(8-6-28)49-38(52)34-18-27(41)19-44-37(34)48(39(49)53)31-3-1-2-24(16-31)33-10-9-32(50)17-25(33)21-46-14-12-36(51)42-13-15-46/h1-4,9-11,16-19,22-23,28,30,43,50H,5-8,12-15,20-21H2,(H,42,51)/t28-,30+. The SMILES string of the molecule is O=C1CCN(Cc2cc(O)ccc2-c2cccc(-n3c(=O)n([C@H]4CC[C@@H](NCc5cn6cc(F)ccc6n5)CC4)c(=O)c4cc(F)cnc43)c2)CCN1. The zero-order valence-corrected chi connectivity index (χ0v) is 28.8. The maximum Gasteiger partial charge on any atom is 0.337 e. The number of phenols is 1. The van der Waals surface area contributed by atoms with Crippen LogP contribution in [0.3, 0.4) is 0 Å². The quantitative estimate of drug-likeness (QED) is 0.210. The van der Waals surface area contributed by atoms with E-state index in [4.69, 9.17) is 0 Å². The van der Waals surface area contributed by atoms with Crippen LogP contribution in [0.15, 0.2) is 88.8 Å². The van der Waals surface area contributed by atoms with Gasteiger partial charge < -0.3 is 20.1 Å². The van der Waals surface area contributed by atoms with Crippen LogP contribution in [-0.4, -0.2) is 65.1 Å². The van der Waals surface area contributed by atoms with Gasteiger partial charge in [-0.15, -0.1) is 0 Å². The molecule has 2 fully saturated rings. The highest BCUT2D eigenvalue weighted by Gasteiger charge is 2.27. The number of benzene rings is 2. The molecule has 0 radical (unpaired) electrons. The Morgan fingerprint density at radius 3 is 2.62 bits per heavy atom. The van der Waals surface area contributed by atoms with E-state index in [0.29, 0.717) is 76.2 Å². The number of carbonyl (C=O) groups excluding carboxylic acids is 1. The largest absolute Gasteiger partial charge is 0.508 e. The molecule has 3 N–H and O–H groups in total. The molecule has 8 rings (SSSR count). The van der Waals surface area contributed by atoms with Crippen molar-refractivity contribution in [1.82, 2.24) is 39.0 Å². The van der Waals surface area contributed by atoms with E-state index >= 15 is 0 Å². The molecule has 2 aromatic carbocycles. The molecule has 1 aliphatic carbocycles. The van der Waals surface area contributed by atoms with Gasteiger partial charge in [0.1, 0.15) is 23.0 Å². The molecule has 2 aliphatic rings. The Morgan fingerprint density at radius 2 is 1.77 bits per heavy atom. The van der Waals surface area contributed by atoms with Crippen LogP contribution in [0.2, 0.25) is 0 Å². The van der Waals surface area contributed by atoms with Crippen molar-refractivity contribution >= 4 is 22.6 Å². The average molecular weight is 721 g/mol. The normalized spacial score (nSPS) is 18.3. The van der Waals surface area contributed by atoms with Crippen LogP contribution in [0.25, 0.3) is 33.5 Å². The molecule has 1 aliphatic heterocycles. The van der Waals surface area contributed by atoms with Crippen molar-refractivity contribution in [3.05, 3.63) is 123 Å². The molecule has 0 spiro atoms. The smallest absolute Gasteiger partial charge is 0.337 e. The highest BCUT2D eigenvalue weighted by Crippen LogP contribution is 2.31. The van der Waals surface area contributed by atoms with Gasteiger partial charge in [0.15, 0.2) is 5.65 Å². The second kappa shape index (κ2) is 14.4. The molecule has 4 aromatic heterocycles. The van der Waals surface area contributed by atoms with E-state index in [-0.39, 0.29) is 34.5 Å². The number of rotatable bonds is 8. The zero-order chi connectivity index (χ0) is 36.6. The average Bonchev–Trinajstić information content (AvgIpc) is 3.44. The number of aromatic nitrogens is 5. The van der Waals surface area contributed by atoms with Crippen LogP contribution in [0.4, 0.5) is 8.78 Å². The van der Waals surface area contributed by atoms with Crippen LogP contribution in [-0.2, 0) is 17.9 Å². The first-order valence-electron chi connectivity index (χ1n) is 17.8. The highest BCUT2D eigenvalue weighted by molar-refractivity contribution is 5.77. The van der Waals surface area contributed by atoms with Gasteiger partial charge in [0.2, 0.25) is 5.91 Å². The molecular weight excluding hydrogens is 682 g/mol. The van der Waals surface area contributed by atoms with Crippen LogP contribution in [0.5, 0.6) is 5.75 Å². The Kier molecular flexibility index (Phi) is 9.31. The number of nitrogens with zero attached hydrogens (tertiary/aromatic N) is 6. The number of fused-ring (bicyclic) bond motifs is 2. The lowest BCUT2D eigenvalue weighted by Gasteiger charge is -2.30. The van der Waals surface area contributed by atoms with Crippen molar-refractivity contribution in [2.75, 3.05) is 19.6 Å². The molecule has 272 valence electrons. The minimum Gasteiger partial charge on any atom is -0.508 e. The molecule has 0 unspecified atom stereocenters. The lowest BCUT2D eigenvalue weighted by atomic mass is 9.91. The van der Waals surface area contributed by atoms with Gasteiger partial charge in [0, 0.05) is 63.6 Å². The summed E-state index contributed by atoms with van der Waals surface area (Å²) >= 11 is 0. The number of carbonyl (C=O) groups is 1. The summed E-state index contributed by atoms with van der Waals surface area (Å²) in [7, 11) is 0. The Labute approximate surface area is 302 Å². The lowest BCUT2D eigenvalue weighted by Crippen LogP contribution is -2.44. The van der Waals surface area contributed by atoms with Crippen molar-refractivity contribution in [2.24, 2.45) is 0 Å². The van der Waals surface area contributed by atoms with Crippen molar-refractivity contribution in [3.8, 4) is 22.6 Å². The van der Waals surface area contributed by atoms with E-state index in [1.165, 1.54) is 21.4 Å². The maximum atomic E-state index is 14.6. The zero-order valence-electron chi connectivity index (χ0n) is 28.8. The maximum absolute atomic E-state index is 14.6. The number of amides is 1. The van der Waals surface area contributed by atoms with Gasteiger partial charge in [-0.05, 0) is 84.8 Å². The second-order valence-corrected chi connectivity index (χ2v) is 13.8. The fourth-order valence-corrected chi connectivity index (χ4v) is 7.64. The predicted octanol–water partition coefficient (Wildman–Crippen LogP) is 4.44. The molecule has 12 nitrogen and oxygen atoms in total. The molecule has 0 atom stereocenters. The van der Waals surface area contributed by atoms with Crippen LogP contribution >= 0.6 is 0 Å². The van der Waals surface area contributed by atoms with Gasteiger partial charge in [-0.1, -0.05) is 18.2 Å². The first kappa shape index (κ1) is 34.4. The number of hydrogen-bond acceptors (Lipinski definition) is 8. The predicted molar refractivity (Wildman–Crippen MR) is 195 cm³/mol. The number of aromatic hydroxyl groups is 1. The van der Waals surface area contributed by atoms with Crippen molar-refractivity contribution < 1.29 is 18.7 Å². The number of imidazole rings is 1. The number of nitrogens with one attached hydrogen (secondary N) is 2. The van der Waals surface area contributed by atoms with E-state index in [1.807, 2.05) is 24.3 Å². The summed E-state index contributed by atoms with van der Waals surface area (Å²) in [5.74, 6) is -0.902. The van der Waals surface area contributed by atoms with Crippen LogP contribution in [0, 0.1) is 11.6 Å². The van der Waals surface area contributed by atoms with Gasteiger partial charge in [-0.3, -0.25) is 19.1 Å². The third-order valence-electron chi connectivity index (χ3n) is 10.3. The third-order valence-corrected chi connectivity index (χ3v) is 10.3. The van der Waals surface area contributed by atoms with E-state index in [0.717, 1.165) is 34.6 Å². The molecule has 1 saturated carbocycles. The number of halogens is 2. The molecule has 14 heteroatoms. The first-order valence-corrected chi connectivity index (χ1v) is 17.8. The summed E-state index contributed by atoms with van der Waals surface area (Å²) < 4.78 is 32.5. The molecule has 0 bridgehead atoms. The Hall–Kier alpha value is -5.73. The second-order valence-electron chi connectivity index (χ2n) is 13.8. The molecular formula is C39H38F2N8O4. The van der Waals surface area contributed by atoms with Gasteiger partial charge in [-0.2, -0.15) is 0 Å². The topological polar surface area (TPSA) is 139 Å². The Bertz CT molecular complexity index is 2470. The van der Waals surface area contributed by atoms with Gasteiger partial charge in [0.25, 0.3) is 5.56 Å². The molecule has 53 heavy (non-hydrogen) atoms. The Balaban J connectivity index is 1.09. The number of pyridine rings is 2. The summed E-state index contributed by atoms with van der Waals surface area (Å²) in [6.45, 7) is 2.75. The van der Waals surface area contributed by atoms with Gasteiger partial charge in [0.05, 0.1) is 23.0 Å². The van der Waals surface area contributed by atoms with Crippen LogP contribution in [0.1, 0.15) is 49.4 Å². The molecule has 1 amide bonds. The minimum absolute atomic E-state index is 0.00708. The van der Waals surface area contributed by atoms with Gasteiger partial charge >= 0.3 is 5.69 Å². The first-order chi connectivity index (χ1) is 25.7. The summed E-state index contributed by atoms with van der Waals surface area (Å²) in [5, 5.41) is 16.8. The van der Waals surface area contributed by atoms with Crippen molar-refractivity contribution in [3.63, 3.8) is 0 Å². The van der Waals surface area contributed by atoms with Gasteiger partial charge in [-0.25, -0.2) is 28.1 Å². The highest BCUT2D eigenvalue weighted by atomic mass is 19.1. The number of phenolic OH excluding ortho intramolecular Hbond substituents is 1. The fourth-order valence-electron chi connectivity index (χ4n) is 7.64. The van der Waals surface area contributed by atoms with E-state index in [1.54, 1.807) is 34.9 Å². The van der Waals surface area contributed by atoms with E-state index in [2.05, 4.69) is 25.5 Å². The third kappa shape index (κ3) is 7.07. The minimum atomic E-state index is -0.679. The summed E-state index contributed by atoms with van der Waals surface area (Å²) in [4.78, 5) is 51.2. The molecule has 1 saturated heterocycles. The molecule has 6 aromatic rings. The summed E-state index contributed by atoms with van der Waals surface area (Å²) in [5.41, 5.74) is 3.26. The summed E-state index contributed by atoms with van der Waals surface area (Å²) in [6.07, 6.45) is 7.03. The molecule has 5 heterocycles. The summed E-state index contributed by atoms with van der Waals surface area (Å²) in [6, 6.07) is 16.3. The van der Waals surface area contributed by atoms with E-state index < -0.39 is 23.1 Å². The lowest BCUT2D eigenvalue weighted by molar-refractivity contribution is -0.120. The van der Waals surface area contributed by atoms with E-state index in [9.17, 15) is 28.3 Å².